The average Bonchev–Trinajstić information content (AvgIpc) is 2.92. The molecule has 3 nitrogen and oxygen atoms in total. The fourth-order valence-corrected chi connectivity index (χ4v) is 4.37. The van der Waals surface area contributed by atoms with Crippen LogP contribution in [0.15, 0.2) is 32.9 Å². The molecule has 0 aliphatic heterocycles. The molecule has 2 aromatic rings. The minimum atomic E-state index is 0.354. The quantitative estimate of drug-likeness (QED) is 0.779. The maximum absolute atomic E-state index is 4.21. The third-order valence-corrected chi connectivity index (χ3v) is 5.99. The summed E-state index contributed by atoms with van der Waals surface area (Å²) in [6, 6.07) is 9.10. The lowest BCUT2D eigenvalue weighted by Gasteiger charge is -2.17. The zero-order valence-corrected chi connectivity index (χ0v) is 14.4. The van der Waals surface area contributed by atoms with E-state index in [1.807, 2.05) is 6.26 Å². The zero-order valence-electron chi connectivity index (χ0n) is 11.9. The van der Waals surface area contributed by atoms with E-state index < -0.39 is 0 Å². The van der Waals surface area contributed by atoms with Gasteiger partial charge in [-0.2, -0.15) is 0 Å². The van der Waals surface area contributed by atoms with Gasteiger partial charge in [-0.25, -0.2) is 0 Å². The molecular formula is C14H19N3S3. The van der Waals surface area contributed by atoms with Gasteiger partial charge in [-0.1, -0.05) is 71.6 Å². The first-order valence-corrected chi connectivity index (χ1v) is 9.56. The van der Waals surface area contributed by atoms with E-state index >= 15 is 0 Å². The number of aromatic nitrogens is 2. The van der Waals surface area contributed by atoms with Gasteiger partial charge in [0, 0.05) is 11.8 Å². The summed E-state index contributed by atoms with van der Waals surface area (Å²) in [5.41, 5.74) is 2.63. The summed E-state index contributed by atoms with van der Waals surface area (Å²) in [6.07, 6.45) is 2.03. The lowest BCUT2D eigenvalue weighted by Crippen LogP contribution is -2.22. The summed E-state index contributed by atoms with van der Waals surface area (Å²) in [7, 11) is 0. The third-order valence-electron chi connectivity index (χ3n) is 2.87. The first-order valence-electron chi connectivity index (χ1n) is 6.53. The van der Waals surface area contributed by atoms with Gasteiger partial charge in [-0.05, 0) is 25.3 Å². The molecule has 0 saturated heterocycles. The van der Waals surface area contributed by atoms with E-state index in [0.29, 0.717) is 6.04 Å². The lowest BCUT2D eigenvalue weighted by molar-refractivity contribution is 0.606. The van der Waals surface area contributed by atoms with Crippen LogP contribution >= 0.6 is 34.9 Å². The molecule has 108 valence electrons. The molecule has 1 aromatic carbocycles. The molecule has 0 aliphatic carbocycles. The van der Waals surface area contributed by atoms with E-state index in [4.69, 9.17) is 0 Å². The van der Waals surface area contributed by atoms with Crippen molar-refractivity contribution < 1.29 is 0 Å². The molecule has 0 spiro atoms. The van der Waals surface area contributed by atoms with E-state index in [1.54, 1.807) is 34.9 Å². The largest absolute Gasteiger partial charge is 0.309 e. The van der Waals surface area contributed by atoms with Crippen LogP contribution in [0.4, 0.5) is 0 Å². The highest BCUT2D eigenvalue weighted by Crippen LogP contribution is 2.30. The van der Waals surface area contributed by atoms with Gasteiger partial charge < -0.3 is 5.32 Å². The Hall–Kier alpha value is -0.560. The van der Waals surface area contributed by atoms with Crippen molar-refractivity contribution >= 4 is 34.9 Å². The molecule has 0 aliphatic rings. The molecule has 1 aromatic heterocycles. The molecule has 0 fully saturated rings. The van der Waals surface area contributed by atoms with Gasteiger partial charge in [0.2, 0.25) is 0 Å². The highest BCUT2D eigenvalue weighted by atomic mass is 32.2. The van der Waals surface area contributed by atoms with Gasteiger partial charge in [0.15, 0.2) is 8.68 Å². The summed E-state index contributed by atoms with van der Waals surface area (Å²) in [5.74, 6) is 0.972. The number of nitrogens with zero attached hydrogens (tertiary/aromatic N) is 2. The fourth-order valence-electron chi connectivity index (χ4n) is 1.81. The average molecular weight is 326 g/mol. The molecule has 0 saturated carbocycles. The predicted octanol–water partition coefficient (Wildman–Crippen LogP) is 4.01. The second kappa shape index (κ2) is 8.02. The van der Waals surface area contributed by atoms with Crippen molar-refractivity contribution in [2.45, 2.75) is 28.6 Å². The Balaban J connectivity index is 2.00. The third kappa shape index (κ3) is 4.48. The Morgan fingerprint density at radius 1 is 1.20 bits per heavy atom. The molecule has 1 N–H and O–H groups in total. The van der Waals surface area contributed by atoms with Crippen LogP contribution in [0.1, 0.15) is 24.1 Å². The highest BCUT2D eigenvalue weighted by Gasteiger charge is 2.12. The maximum atomic E-state index is 4.21. The molecule has 20 heavy (non-hydrogen) atoms. The number of benzene rings is 1. The summed E-state index contributed by atoms with van der Waals surface area (Å²) < 4.78 is 2.08. The Bertz CT molecular complexity index is 525. The Morgan fingerprint density at radius 2 is 1.90 bits per heavy atom. The predicted molar refractivity (Wildman–Crippen MR) is 90.0 cm³/mol. The molecule has 1 unspecified atom stereocenters. The summed E-state index contributed by atoms with van der Waals surface area (Å²) in [6.45, 7) is 5.22. The summed E-state index contributed by atoms with van der Waals surface area (Å²) in [5, 5.41) is 11.9. The number of hydrogen-bond acceptors (Lipinski definition) is 6. The van der Waals surface area contributed by atoms with Crippen molar-refractivity contribution in [3.63, 3.8) is 0 Å². The number of thioether (sulfide) groups is 2. The second-order valence-electron chi connectivity index (χ2n) is 4.37. The standard InChI is InChI=1S/C14H19N3S3/c1-4-15-12(11-7-5-10(2)6-8-11)9-19-14-17-16-13(18-3)20-14/h5-8,12,15H,4,9H2,1-3H3. The van der Waals surface area contributed by atoms with E-state index in [2.05, 4.69) is 53.6 Å². The maximum Gasteiger partial charge on any atom is 0.175 e. The van der Waals surface area contributed by atoms with Gasteiger partial charge in [0.25, 0.3) is 0 Å². The summed E-state index contributed by atoms with van der Waals surface area (Å²) >= 11 is 5.09. The van der Waals surface area contributed by atoms with Crippen molar-refractivity contribution in [2.24, 2.45) is 0 Å². The molecular weight excluding hydrogens is 306 g/mol. The van der Waals surface area contributed by atoms with Crippen LogP contribution in [0.3, 0.4) is 0 Å². The normalized spacial score (nSPS) is 12.6. The van der Waals surface area contributed by atoms with Crippen LogP contribution in [-0.2, 0) is 0 Å². The molecule has 1 heterocycles. The molecule has 2 rings (SSSR count). The molecule has 0 bridgehead atoms. The lowest BCUT2D eigenvalue weighted by atomic mass is 10.1. The minimum absolute atomic E-state index is 0.354. The minimum Gasteiger partial charge on any atom is -0.309 e. The molecule has 0 amide bonds. The van der Waals surface area contributed by atoms with Crippen LogP contribution in [0.5, 0.6) is 0 Å². The highest BCUT2D eigenvalue weighted by molar-refractivity contribution is 8.02. The Morgan fingerprint density at radius 3 is 2.50 bits per heavy atom. The Kier molecular flexibility index (Phi) is 6.35. The molecule has 6 heteroatoms. The Labute approximate surface area is 133 Å². The SMILES string of the molecule is CCNC(CSc1nnc(SC)s1)c1ccc(C)cc1. The number of hydrogen-bond donors (Lipinski definition) is 1. The van der Waals surface area contributed by atoms with E-state index in [1.165, 1.54) is 11.1 Å². The second-order valence-corrected chi connectivity index (χ2v) is 7.67. The van der Waals surface area contributed by atoms with Gasteiger partial charge in [0.05, 0.1) is 0 Å². The monoisotopic (exact) mass is 325 g/mol. The van der Waals surface area contributed by atoms with Crippen molar-refractivity contribution in [1.29, 1.82) is 0 Å². The molecule has 0 radical (unpaired) electrons. The van der Waals surface area contributed by atoms with Crippen LogP contribution in [0, 0.1) is 6.92 Å². The van der Waals surface area contributed by atoms with Crippen LogP contribution in [-0.4, -0.2) is 28.8 Å². The summed E-state index contributed by atoms with van der Waals surface area (Å²) in [4.78, 5) is 0. The van der Waals surface area contributed by atoms with Crippen molar-refractivity contribution in [1.82, 2.24) is 15.5 Å². The van der Waals surface area contributed by atoms with E-state index in [0.717, 1.165) is 21.0 Å². The first-order chi connectivity index (χ1) is 9.72. The smallest absolute Gasteiger partial charge is 0.175 e. The fraction of sp³-hybridized carbons (Fsp3) is 0.429. The van der Waals surface area contributed by atoms with E-state index in [-0.39, 0.29) is 0 Å². The van der Waals surface area contributed by atoms with Crippen LogP contribution in [0.25, 0.3) is 0 Å². The van der Waals surface area contributed by atoms with E-state index in [9.17, 15) is 0 Å². The first kappa shape index (κ1) is 15.8. The topological polar surface area (TPSA) is 37.8 Å². The van der Waals surface area contributed by atoms with Crippen molar-refractivity contribution in [2.75, 3.05) is 18.6 Å². The van der Waals surface area contributed by atoms with Crippen molar-refractivity contribution in [3.05, 3.63) is 35.4 Å². The zero-order chi connectivity index (χ0) is 14.4. The van der Waals surface area contributed by atoms with Gasteiger partial charge in [-0.15, -0.1) is 10.2 Å². The number of nitrogens with one attached hydrogen (secondary N) is 1. The van der Waals surface area contributed by atoms with Crippen LogP contribution < -0.4 is 5.32 Å². The van der Waals surface area contributed by atoms with Gasteiger partial charge >= 0.3 is 0 Å². The van der Waals surface area contributed by atoms with Crippen molar-refractivity contribution in [3.8, 4) is 0 Å². The van der Waals surface area contributed by atoms with Crippen LogP contribution in [0.2, 0.25) is 0 Å². The molecule has 1 atom stereocenters. The van der Waals surface area contributed by atoms with Gasteiger partial charge in [-0.3, -0.25) is 0 Å². The number of rotatable bonds is 7. The van der Waals surface area contributed by atoms with Gasteiger partial charge in [0.1, 0.15) is 0 Å². The number of aryl methyl sites for hydroxylation is 1.